The van der Waals surface area contributed by atoms with Crippen molar-refractivity contribution in [2.45, 2.75) is 140 Å². The zero-order valence-corrected chi connectivity index (χ0v) is 31.2. The van der Waals surface area contributed by atoms with Crippen LogP contribution in [-0.4, -0.2) is 96.3 Å². The second kappa shape index (κ2) is 24.6. The Kier molecular flexibility index (Phi) is 20.6. The van der Waals surface area contributed by atoms with E-state index in [4.69, 9.17) is 22.3 Å². The second-order valence-electron chi connectivity index (χ2n) is 14.3. The number of guanidine groups is 2. The summed E-state index contributed by atoms with van der Waals surface area (Å²) in [5.41, 5.74) is 10.7. The molecule has 5 amide bonds. The molecule has 4 atom stereocenters. The third-order valence-corrected chi connectivity index (χ3v) is 9.88. The average Bonchev–Trinajstić information content (AvgIpc) is 3.11. The molecule has 0 saturated heterocycles. The molecule has 0 aromatic heterocycles. The Hall–Kier alpha value is -4.64. The molecule has 0 aromatic rings. The van der Waals surface area contributed by atoms with Crippen molar-refractivity contribution in [3.8, 4) is 0 Å². The largest absolute Gasteiger partial charge is 0.480 e. The topological polar surface area (TPSA) is 307 Å². The van der Waals surface area contributed by atoms with E-state index in [0.29, 0.717) is 31.6 Å². The predicted molar refractivity (Wildman–Crippen MR) is 199 cm³/mol. The van der Waals surface area contributed by atoms with Crippen molar-refractivity contribution in [1.29, 1.82) is 10.8 Å². The highest BCUT2D eigenvalue weighted by molar-refractivity contribution is 5.95. The lowest BCUT2D eigenvalue weighted by atomic mass is 9.84. The third-order valence-electron chi connectivity index (χ3n) is 9.88. The Balaban J connectivity index is 2.28. The molecule has 2 saturated carbocycles. The molecule has 0 bridgehead atoms. The van der Waals surface area contributed by atoms with E-state index in [1.54, 1.807) is 0 Å². The molecule has 0 aliphatic heterocycles. The van der Waals surface area contributed by atoms with E-state index in [9.17, 15) is 33.9 Å². The van der Waals surface area contributed by atoms with E-state index in [2.05, 4.69) is 37.2 Å². The molecule has 14 N–H and O–H groups in total. The van der Waals surface area contributed by atoms with Gasteiger partial charge in [0.05, 0.1) is 6.54 Å². The minimum absolute atomic E-state index is 0.0581. The van der Waals surface area contributed by atoms with Crippen molar-refractivity contribution in [1.82, 2.24) is 37.2 Å². The molecule has 2 aliphatic rings. The molecule has 53 heavy (non-hydrogen) atoms. The summed E-state index contributed by atoms with van der Waals surface area (Å²) in [6.07, 6.45) is 12.2. The minimum atomic E-state index is -1.25. The van der Waals surface area contributed by atoms with Crippen molar-refractivity contribution < 1.29 is 33.9 Å². The van der Waals surface area contributed by atoms with Gasteiger partial charge in [0.2, 0.25) is 29.5 Å². The number of carboxylic acid groups (broad SMARTS) is 1. The minimum Gasteiger partial charge on any atom is -0.480 e. The number of hydrogen-bond acceptors (Lipinski definition) is 8. The first-order valence-corrected chi connectivity index (χ1v) is 19.1. The maximum absolute atomic E-state index is 14.0. The van der Waals surface area contributed by atoms with Gasteiger partial charge in [-0.2, -0.15) is 0 Å². The Bertz CT molecular complexity index is 1240. The highest BCUT2D eigenvalue weighted by Crippen LogP contribution is 2.29. The van der Waals surface area contributed by atoms with Crippen molar-refractivity contribution in [2.24, 2.45) is 23.3 Å². The molecule has 0 spiro atoms. The van der Waals surface area contributed by atoms with Crippen LogP contribution in [0.4, 0.5) is 0 Å². The zero-order chi connectivity index (χ0) is 39.2. The third kappa shape index (κ3) is 19.1. The van der Waals surface area contributed by atoms with Crippen LogP contribution in [0.5, 0.6) is 0 Å². The first kappa shape index (κ1) is 44.5. The molecule has 2 unspecified atom stereocenters. The van der Waals surface area contributed by atoms with Crippen LogP contribution in [-0.2, 0) is 28.8 Å². The smallest absolute Gasteiger partial charge is 0.326 e. The summed E-state index contributed by atoms with van der Waals surface area (Å²) in [5, 5.41) is 43.2. The SMILES string of the molecule is CC(=O)NCC(=O)NC(CC1CCCCC1)C(=O)N[C@@H](CCCNC(=N)N)C(=O)N[C@H](CCC1CCCCC1)C(=O)NC(CCCNC(=N)N)C(=O)O. The normalized spacial score (nSPS) is 17.2. The van der Waals surface area contributed by atoms with Gasteiger partial charge in [-0.3, -0.25) is 34.8 Å². The quantitative estimate of drug-likeness (QED) is 0.0375. The highest BCUT2D eigenvalue weighted by atomic mass is 16.4. The molecule has 0 heterocycles. The lowest BCUT2D eigenvalue weighted by Crippen LogP contribution is -2.58. The fraction of sp³-hybridized carbons (Fsp3) is 0.771. The van der Waals surface area contributed by atoms with Crippen LogP contribution < -0.4 is 48.7 Å². The summed E-state index contributed by atoms with van der Waals surface area (Å²) in [6.45, 7) is 1.44. The van der Waals surface area contributed by atoms with Gasteiger partial charge in [-0.25, -0.2) is 4.79 Å². The number of carbonyl (C=O) groups excluding carboxylic acids is 5. The fourth-order valence-corrected chi connectivity index (χ4v) is 6.99. The van der Waals surface area contributed by atoms with E-state index in [-0.39, 0.29) is 56.7 Å². The van der Waals surface area contributed by atoms with Gasteiger partial charge in [0.25, 0.3) is 0 Å². The van der Waals surface area contributed by atoms with E-state index in [1.165, 1.54) is 6.92 Å². The molecule has 18 nitrogen and oxygen atoms in total. The number of aliphatic carboxylic acids is 1. The van der Waals surface area contributed by atoms with Crippen LogP contribution in [0.2, 0.25) is 0 Å². The van der Waals surface area contributed by atoms with Gasteiger partial charge in [-0.05, 0) is 56.8 Å². The standard InChI is InChI=1S/C35H63N11O7/c1-22(47)42-21-29(48)43-28(20-24-12-6-3-7-13-24)32(51)44-25(14-8-18-40-34(36)37)30(49)45-26(17-16-23-10-4-2-5-11-23)31(50)46-27(33(52)53)15-9-19-41-35(38)39/h23-28H,2-21H2,1H3,(H,42,47)(H,43,48)(H,44,51)(H,45,49)(H,46,50)(H,52,53)(H4,36,37,40)(H4,38,39,41)/t25-,26+,27?,28?/m0/s1. The molecular weight excluding hydrogens is 686 g/mol. The van der Waals surface area contributed by atoms with Crippen molar-refractivity contribution in [3.05, 3.63) is 0 Å². The van der Waals surface area contributed by atoms with Gasteiger partial charge in [0.15, 0.2) is 11.9 Å². The van der Waals surface area contributed by atoms with Crippen LogP contribution in [0.1, 0.15) is 116 Å². The number of amides is 5. The van der Waals surface area contributed by atoms with Gasteiger partial charge in [-0.15, -0.1) is 0 Å². The molecule has 2 rings (SSSR count). The first-order valence-electron chi connectivity index (χ1n) is 19.1. The first-order chi connectivity index (χ1) is 25.2. The Morgan fingerprint density at radius 2 is 1.08 bits per heavy atom. The Labute approximate surface area is 312 Å². The number of carbonyl (C=O) groups is 6. The summed E-state index contributed by atoms with van der Waals surface area (Å²) in [5.74, 6) is -4.05. The van der Waals surface area contributed by atoms with Crippen LogP contribution >= 0.6 is 0 Å². The number of carboxylic acids is 1. The molecule has 2 aliphatic carbocycles. The van der Waals surface area contributed by atoms with Gasteiger partial charge in [0.1, 0.15) is 24.2 Å². The molecule has 0 radical (unpaired) electrons. The summed E-state index contributed by atoms with van der Waals surface area (Å²) >= 11 is 0. The van der Waals surface area contributed by atoms with E-state index in [1.807, 2.05) is 0 Å². The summed E-state index contributed by atoms with van der Waals surface area (Å²) in [4.78, 5) is 77.7. The predicted octanol–water partition coefficient (Wildman–Crippen LogP) is 0.00374. The Morgan fingerprint density at radius 3 is 1.57 bits per heavy atom. The summed E-state index contributed by atoms with van der Waals surface area (Å²) in [6, 6.07) is -4.47. The highest BCUT2D eigenvalue weighted by Gasteiger charge is 2.33. The fourth-order valence-electron chi connectivity index (χ4n) is 6.99. The number of nitrogens with two attached hydrogens (primary N) is 2. The van der Waals surface area contributed by atoms with Crippen LogP contribution in [0, 0.1) is 22.7 Å². The lowest BCUT2D eigenvalue weighted by Gasteiger charge is -2.29. The van der Waals surface area contributed by atoms with E-state index < -0.39 is 59.7 Å². The van der Waals surface area contributed by atoms with Crippen LogP contribution in [0.15, 0.2) is 0 Å². The zero-order valence-electron chi connectivity index (χ0n) is 31.2. The Morgan fingerprint density at radius 1 is 0.623 bits per heavy atom. The maximum Gasteiger partial charge on any atom is 0.326 e. The van der Waals surface area contributed by atoms with E-state index in [0.717, 1.165) is 64.2 Å². The van der Waals surface area contributed by atoms with Gasteiger partial charge >= 0.3 is 5.97 Å². The van der Waals surface area contributed by atoms with Crippen molar-refractivity contribution in [3.63, 3.8) is 0 Å². The molecule has 300 valence electrons. The molecule has 0 aromatic carbocycles. The lowest BCUT2D eigenvalue weighted by molar-refractivity contribution is -0.142. The number of nitrogens with one attached hydrogen (secondary N) is 9. The van der Waals surface area contributed by atoms with Crippen LogP contribution in [0.3, 0.4) is 0 Å². The summed E-state index contributed by atoms with van der Waals surface area (Å²) < 4.78 is 0. The molecular formula is C35H63N11O7. The second-order valence-corrected chi connectivity index (χ2v) is 14.3. The number of rotatable bonds is 23. The van der Waals surface area contributed by atoms with Crippen molar-refractivity contribution in [2.75, 3.05) is 19.6 Å². The molecule has 2 fully saturated rings. The van der Waals surface area contributed by atoms with Crippen molar-refractivity contribution >= 4 is 47.4 Å². The maximum atomic E-state index is 14.0. The number of hydrogen-bond donors (Lipinski definition) is 12. The van der Waals surface area contributed by atoms with Gasteiger partial charge in [0, 0.05) is 20.0 Å². The van der Waals surface area contributed by atoms with E-state index >= 15 is 0 Å². The van der Waals surface area contributed by atoms with Gasteiger partial charge in [-0.1, -0.05) is 64.2 Å². The molecule has 18 heteroatoms. The monoisotopic (exact) mass is 749 g/mol. The summed E-state index contributed by atoms with van der Waals surface area (Å²) in [7, 11) is 0. The van der Waals surface area contributed by atoms with Gasteiger partial charge < -0.3 is 53.8 Å². The van der Waals surface area contributed by atoms with Crippen LogP contribution in [0.25, 0.3) is 0 Å². The average molecular weight is 750 g/mol.